The molecule has 0 radical (unpaired) electrons. The van der Waals surface area contributed by atoms with Gasteiger partial charge in [0.2, 0.25) is 5.91 Å². The van der Waals surface area contributed by atoms with Crippen LogP contribution in [0, 0.1) is 0 Å². The predicted molar refractivity (Wildman–Crippen MR) is 107 cm³/mol. The van der Waals surface area contributed by atoms with Crippen LogP contribution < -0.4 is 9.64 Å². The van der Waals surface area contributed by atoms with Crippen molar-refractivity contribution in [2.45, 2.75) is 6.92 Å². The molecule has 3 rings (SSSR count). The number of piperazine rings is 2. The Morgan fingerprint density at radius 1 is 0.929 bits per heavy atom. The maximum atomic E-state index is 12.7. The van der Waals surface area contributed by atoms with E-state index in [1.807, 2.05) is 23.1 Å². The van der Waals surface area contributed by atoms with Crippen LogP contribution in [0.2, 0.25) is 0 Å². The highest BCUT2D eigenvalue weighted by Gasteiger charge is 2.27. The molecular formula is C20H30N4O4. The van der Waals surface area contributed by atoms with Crippen LogP contribution in [0.25, 0.3) is 0 Å². The number of hydrogen-bond acceptors (Lipinski definition) is 6. The highest BCUT2D eigenvalue weighted by molar-refractivity contribution is 5.78. The molecule has 0 aliphatic carbocycles. The van der Waals surface area contributed by atoms with E-state index in [1.54, 1.807) is 18.9 Å². The van der Waals surface area contributed by atoms with Gasteiger partial charge in [-0.15, -0.1) is 0 Å². The minimum absolute atomic E-state index is 0.157. The molecule has 0 N–H and O–H groups in total. The summed E-state index contributed by atoms with van der Waals surface area (Å²) in [5.41, 5.74) is 1.08. The Balaban J connectivity index is 1.44. The number of carbonyl (C=O) groups excluding carboxylic acids is 2. The Morgan fingerprint density at radius 2 is 1.57 bits per heavy atom. The first-order valence-corrected chi connectivity index (χ1v) is 9.92. The highest BCUT2D eigenvalue weighted by Crippen LogP contribution is 2.28. The largest absolute Gasteiger partial charge is 0.495 e. The van der Waals surface area contributed by atoms with E-state index >= 15 is 0 Å². The number of nitrogens with zero attached hydrogens (tertiary/aromatic N) is 4. The van der Waals surface area contributed by atoms with Crippen LogP contribution >= 0.6 is 0 Å². The van der Waals surface area contributed by atoms with Crippen molar-refractivity contribution in [3.05, 3.63) is 24.3 Å². The fourth-order valence-electron chi connectivity index (χ4n) is 3.68. The molecule has 8 nitrogen and oxygen atoms in total. The maximum Gasteiger partial charge on any atom is 0.409 e. The molecule has 2 heterocycles. The van der Waals surface area contributed by atoms with Gasteiger partial charge in [0.05, 0.1) is 25.9 Å². The monoisotopic (exact) mass is 390 g/mol. The zero-order valence-electron chi connectivity index (χ0n) is 16.8. The third-order valence-electron chi connectivity index (χ3n) is 5.32. The molecule has 0 aromatic heterocycles. The van der Waals surface area contributed by atoms with Crippen LogP contribution in [-0.2, 0) is 9.53 Å². The van der Waals surface area contributed by atoms with E-state index in [1.165, 1.54) is 0 Å². The van der Waals surface area contributed by atoms with Gasteiger partial charge >= 0.3 is 6.09 Å². The fourth-order valence-corrected chi connectivity index (χ4v) is 3.68. The number of hydrogen-bond donors (Lipinski definition) is 0. The normalized spacial score (nSPS) is 18.1. The maximum absolute atomic E-state index is 12.7. The summed E-state index contributed by atoms with van der Waals surface area (Å²) >= 11 is 0. The molecule has 2 aliphatic rings. The van der Waals surface area contributed by atoms with E-state index in [0.717, 1.165) is 24.5 Å². The fraction of sp³-hybridized carbons (Fsp3) is 0.600. The minimum Gasteiger partial charge on any atom is -0.495 e. The van der Waals surface area contributed by atoms with E-state index < -0.39 is 0 Å². The average Bonchev–Trinajstić information content (AvgIpc) is 2.74. The molecule has 28 heavy (non-hydrogen) atoms. The number of rotatable bonds is 5. The lowest BCUT2D eigenvalue weighted by Gasteiger charge is -2.38. The summed E-state index contributed by atoms with van der Waals surface area (Å²) < 4.78 is 10.5. The number of ether oxygens (including phenoxy) is 2. The quantitative estimate of drug-likeness (QED) is 0.751. The molecule has 2 saturated heterocycles. The van der Waals surface area contributed by atoms with Gasteiger partial charge in [0.1, 0.15) is 5.75 Å². The average molecular weight is 390 g/mol. The van der Waals surface area contributed by atoms with Gasteiger partial charge in [-0.2, -0.15) is 0 Å². The predicted octanol–water partition coefficient (Wildman–Crippen LogP) is 1.12. The van der Waals surface area contributed by atoms with Gasteiger partial charge < -0.3 is 24.2 Å². The molecule has 0 bridgehead atoms. The van der Waals surface area contributed by atoms with Crippen molar-refractivity contribution in [2.24, 2.45) is 0 Å². The second-order valence-corrected chi connectivity index (χ2v) is 7.00. The van der Waals surface area contributed by atoms with Crippen molar-refractivity contribution in [2.75, 3.05) is 77.5 Å². The smallest absolute Gasteiger partial charge is 0.409 e. The number of benzene rings is 1. The molecule has 154 valence electrons. The first kappa shape index (κ1) is 20.3. The molecule has 0 atom stereocenters. The Bertz CT molecular complexity index is 668. The van der Waals surface area contributed by atoms with E-state index in [2.05, 4.69) is 15.9 Å². The topological polar surface area (TPSA) is 65.6 Å². The summed E-state index contributed by atoms with van der Waals surface area (Å²) in [5.74, 6) is 1.02. The molecular weight excluding hydrogens is 360 g/mol. The van der Waals surface area contributed by atoms with Crippen LogP contribution in [0.3, 0.4) is 0 Å². The first-order valence-electron chi connectivity index (χ1n) is 9.92. The summed E-state index contributed by atoms with van der Waals surface area (Å²) in [5, 5.41) is 0. The SMILES string of the molecule is CCOC(=O)N1CCN(CC(=O)N2CCN(c3ccccc3OC)CC2)CC1. The van der Waals surface area contributed by atoms with Gasteiger partial charge in [-0.05, 0) is 19.1 Å². The van der Waals surface area contributed by atoms with E-state index in [9.17, 15) is 9.59 Å². The Hall–Kier alpha value is -2.48. The van der Waals surface area contributed by atoms with Gasteiger partial charge in [-0.3, -0.25) is 9.69 Å². The van der Waals surface area contributed by atoms with E-state index in [-0.39, 0.29) is 12.0 Å². The first-order chi connectivity index (χ1) is 13.6. The van der Waals surface area contributed by atoms with Crippen molar-refractivity contribution < 1.29 is 19.1 Å². The highest BCUT2D eigenvalue weighted by atomic mass is 16.6. The van der Waals surface area contributed by atoms with Gasteiger partial charge in [0.25, 0.3) is 0 Å². The summed E-state index contributed by atoms with van der Waals surface area (Å²) in [6, 6.07) is 7.98. The number of amides is 2. The van der Waals surface area contributed by atoms with Crippen LogP contribution in [0.5, 0.6) is 5.75 Å². The molecule has 2 fully saturated rings. The van der Waals surface area contributed by atoms with E-state index in [0.29, 0.717) is 52.4 Å². The van der Waals surface area contributed by atoms with Crippen molar-refractivity contribution in [1.29, 1.82) is 0 Å². The Morgan fingerprint density at radius 3 is 2.21 bits per heavy atom. The van der Waals surface area contributed by atoms with Crippen LogP contribution in [0.1, 0.15) is 6.92 Å². The molecule has 0 unspecified atom stereocenters. The zero-order valence-corrected chi connectivity index (χ0v) is 16.8. The van der Waals surface area contributed by atoms with Gasteiger partial charge in [-0.25, -0.2) is 4.79 Å². The molecule has 8 heteroatoms. The molecule has 0 saturated carbocycles. The van der Waals surface area contributed by atoms with Crippen LogP contribution in [-0.4, -0.2) is 99.3 Å². The lowest BCUT2D eigenvalue weighted by Crippen LogP contribution is -2.54. The van der Waals surface area contributed by atoms with Crippen molar-refractivity contribution >= 4 is 17.7 Å². The molecule has 0 spiro atoms. The van der Waals surface area contributed by atoms with Crippen LogP contribution in [0.15, 0.2) is 24.3 Å². The van der Waals surface area contributed by atoms with Gasteiger partial charge in [-0.1, -0.05) is 12.1 Å². The summed E-state index contributed by atoms with van der Waals surface area (Å²) in [6.07, 6.45) is -0.263. The second kappa shape index (κ2) is 9.64. The Kier molecular flexibility index (Phi) is 6.97. The third kappa shape index (κ3) is 4.86. The van der Waals surface area contributed by atoms with Crippen molar-refractivity contribution in [3.63, 3.8) is 0 Å². The molecule has 2 aliphatic heterocycles. The molecule has 1 aromatic carbocycles. The minimum atomic E-state index is -0.263. The lowest BCUT2D eigenvalue weighted by molar-refractivity contribution is -0.133. The number of carbonyl (C=O) groups is 2. The molecule has 1 aromatic rings. The number of methoxy groups -OCH3 is 1. The Labute approximate surface area is 166 Å². The van der Waals surface area contributed by atoms with Crippen LogP contribution in [0.4, 0.5) is 10.5 Å². The van der Waals surface area contributed by atoms with Crippen molar-refractivity contribution in [1.82, 2.24) is 14.7 Å². The summed E-state index contributed by atoms with van der Waals surface area (Å²) in [6.45, 7) is 8.22. The van der Waals surface area contributed by atoms with E-state index in [4.69, 9.17) is 9.47 Å². The molecule has 2 amide bonds. The van der Waals surface area contributed by atoms with Gasteiger partial charge in [0, 0.05) is 52.4 Å². The number of para-hydroxylation sites is 2. The third-order valence-corrected chi connectivity index (χ3v) is 5.32. The summed E-state index contributed by atoms with van der Waals surface area (Å²) in [7, 11) is 1.68. The standard InChI is InChI=1S/C20H30N4O4/c1-3-28-20(26)24-10-8-21(9-11-24)16-19(25)23-14-12-22(13-15-23)17-6-4-5-7-18(17)27-2/h4-7H,3,8-16H2,1-2H3. The summed E-state index contributed by atoms with van der Waals surface area (Å²) in [4.78, 5) is 32.5. The van der Waals surface area contributed by atoms with Crippen molar-refractivity contribution in [3.8, 4) is 5.75 Å². The lowest BCUT2D eigenvalue weighted by atomic mass is 10.2. The zero-order chi connectivity index (χ0) is 19.9. The van der Waals surface area contributed by atoms with Gasteiger partial charge in [0.15, 0.2) is 0 Å². The second-order valence-electron chi connectivity index (χ2n) is 7.00. The number of anilines is 1.